The highest BCUT2D eigenvalue weighted by Gasteiger charge is 2.33. The number of rotatable bonds is 4. The highest BCUT2D eigenvalue weighted by Crippen LogP contribution is 2.37. The third-order valence-electron chi connectivity index (χ3n) is 3.60. The van der Waals surface area contributed by atoms with Crippen LogP contribution in [-0.4, -0.2) is 24.4 Å². The van der Waals surface area contributed by atoms with Crippen LogP contribution in [0.25, 0.3) is 6.08 Å². The van der Waals surface area contributed by atoms with Gasteiger partial charge in [-0.2, -0.15) is 0 Å². The van der Waals surface area contributed by atoms with Gasteiger partial charge in [-0.05, 0) is 48.5 Å². The number of ether oxygens (including phenoxy) is 2. The monoisotopic (exact) mass is 375 g/mol. The first-order valence-corrected chi connectivity index (χ1v) is 8.51. The van der Waals surface area contributed by atoms with E-state index in [1.54, 1.807) is 38.5 Å². The Labute approximate surface area is 154 Å². The number of amides is 1. The molecule has 0 atom stereocenters. The molecule has 0 N–H and O–H groups in total. The van der Waals surface area contributed by atoms with Crippen LogP contribution < -0.4 is 14.4 Å². The number of halogens is 1. The second-order valence-electron chi connectivity index (χ2n) is 5.10. The van der Waals surface area contributed by atoms with Gasteiger partial charge in [0.05, 0.1) is 24.8 Å². The molecule has 1 fully saturated rings. The molecule has 4 nitrogen and oxygen atoms in total. The number of hydrogen-bond donors (Lipinski definition) is 0. The van der Waals surface area contributed by atoms with E-state index in [0.717, 1.165) is 0 Å². The molecule has 0 aliphatic carbocycles. The summed E-state index contributed by atoms with van der Waals surface area (Å²) in [5.41, 5.74) is 1.24. The average molecular weight is 375 g/mol. The standard InChI is InChI=1S/C18H14FNO3S2/c1-22-14-7-8-15(23-2)11(9-14)10-16-17(21)20(18(24)25-16)13-5-3-12(19)4-6-13/h3-10H,1-2H3/b16-10+. The van der Waals surface area contributed by atoms with Gasteiger partial charge >= 0.3 is 0 Å². The first kappa shape index (κ1) is 17.4. The lowest BCUT2D eigenvalue weighted by atomic mass is 10.1. The molecule has 1 aliphatic rings. The minimum Gasteiger partial charge on any atom is -0.497 e. The van der Waals surface area contributed by atoms with Crippen LogP contribution >= 0.6 is 24.0 Å². The van der Waals surface area contributed by atoms with Gasteiger partial charge in [0.2, 0.25) is 0 Å². The van der Waals surface area contributed by atoms with E-state index in [1.807, 2.05) is 0 Å². The Morgan fingerprint density at radius 3 is 2.48 bits per heavy atom. The molecule has 1 saturated heterocycles. The van der Waals surface area contributed by atoms with Gasteiger partial charge in [-0.3, -0.25) is 9.69 Å². The van der Waals surface area contributed by atoms with Gasteiger partial charge in [0.1, 0.15) is 17.3 Å². The third-order valence-corrected chi connectivity index (χ3v) is 4.90. The van der Waals surface area contributed by atoms with Crippen molar-refractivity contribution >= 4 is 46.0 Å². The van der Waals surface area contributed by atoms with E-state index in [0.29, 0.717) is 32.0 Å². The molecular weight excluding hydrogens is 361 g/mol. The van der Waals surface area contributed by atoms with Gasteiger partial charge in [0.15, 0.2) is 4.32 Å². The van der Waals surface area contributed by atoms with E-state index in [-0.39, 0.29) is 11.7 Å². The van der Waals surface area contributed by atoms with Crippen molar-refractivity contribution in [1.29, 1.82) is 0 Å². The number of carbonyl (C=O) groups excluding carboxylic acids is 1. The molecule has 7 heteroatoms. The van der Waals surface area contributed by atoms with Gasteiger partial charge in [0, 0.05) is 5.56 Å². The van der Waals surface area contributed by atoms with Crippen LogP contribution in [-0.2, 0) is 4.79 Å². The second-order valence-corrected chi connectivity index (χ2v) is 6.78. The molecule has 25 heavy (non-hydrogen) atoms. The number of carbonyl (C=O) groups is 1. The molecule has 0 unspecified atom stereocenters. The lowest BCUT2D eigenvalue weighted by Gasteiger charge is -2.14. The van der Waals surface area contributed by atoms with Crippen molar-refractivity contribution in [1.82, 2.24) is 0 Å². The molecule has 0 bridgehead atoms. The van der Waals surface area contributed by atoms with Crippen molar-refractivity contribution in [2.45, 2.75) is 0 Å². The van der Waals surface area contributed by atoms with Crippen LogP contribution in [0.1, 0.15) is 5.56 Å². The van der Waals surface area contributed by atoms with Crippen molar-refractivity contribution in [3.8, 4) is 11.5 Å². The van der Waals surface area contributed by atoms with Crippen molar-refractivity contribution < 1.29 is 18.7 Å². The molecule has 1 amide bonds. The normalized spacial score (nSPS) is 15.8. The lowest BCUT2D eigenvalue weighted by molar-refractivity contribution is -0.113. The fourth-order valence-corrected chi connectivity index (χ4v) is 3.66. The summed E-state index contributed by atoms with van der Waals surface area (Å²) in [5, 5.41) is 0. The highest BCUT2D eigenvalue weighted by molar-refractivity contribution is 8.27. The summed E-state index contributed by atoms with van der Waals surface area (Å²) in [6.07, 6.45) is 1.71. The number of anilines is 1. The maximum absolute atomic E-state index is 13.1. The fraction of sp³-hybridized carbons (Fsp3) is 0.111. The molecule has 3 rings (SSSR count). The summed E-state index contributed by atoms with van der Waals surface area (Å²) in [6, 6.07) is 11.0. The highest BCUT2D eigenvalue weighted by atomic mass is 32.2. The zero-order valence-electron chi connectivity index (χ0n) is 13.5. The number of methoxy groups -OCH3 is 2. The second kappa shape index (κ2) is 7.25. The molecule has 0 radical (unpaired) electrons. The molecule has 0 aromatic heterocycles. The number of benzene rings is 2. The quantitative estimate of drug-likeness (QED) is 0.590. The maximum atomic E-state index is 13.1. The van der Waals surface area contributed by atoms with Gasteiger partial charge in [-0.25, -0.2) is 4.39 Å². The van der Waals surface area contributed by atoms with E-state index in [2.05, 4.69) is 0 Å². The first-order valence-electron chi connectivity index (χ1n) is 7.29. The maximum Gasteiger partial charge on any atom is 0.270 e. The largest absolute Gasteiger partial charge is 0.497 e. The Morgan fingerprint density at radius 1 is 1.12 bits per heavy atom. The van der Waals surface area contributed by atoms with E-state index < -0.39 is 0 Å². The predicted molar refractivity (Wildman–Crippen MR) is 102 cm³/mol. The Hall–Kier alpha value is -2.38. The topological polar surface area (TPSA) is 38.8 Å². The smallest absolute Gasteiger partial charge is 0.270 e. The van der Waals surface area contributed by atoms with Gasteiger partial charge in [-0.15, -0.1) is 0 Å². The molecule has 0 spiro atoms. The van der Waals surface area contributed by atoms with Crippen LogP contribution in [0.3, 0.4) is 0 Å². The molecule has 1 heterocycles. The van der Waals surface area contributed by atoms with Crippen LogP contribution in [0.4, 0.5) is 10.1 Å². The van der Waals surface area contributed by atoms with Crippen molar-refractivity contribution in [3.05, 3.63) is 58.8 Å². The zero-order valence-corrected chi connectivity index (χ0v) is 15.1. The van der Waals surface area contributed by atoms with Crippen LogP contribution in [0.2, 0.25) is 0 Å². The minimum atomic E-state index is -0.370. The summed E-state index contributed by atoms with van der Waals surface area (Å²) < 4.78 is 24.1. The average Bonchev–Trinajstić information content (AvgIpc) is 2.89. The Kier molecular flexibility index (Phi) is 5.06. The first-order chi connectivity index (χ1) is 12.0. The number of thiocarbonyl (C=S) groups is 1. The minimum absolute atomic E-state index is 0.258. The van der Waals surface area contributed by atoms with E-state index in [9.17, 15) is 9.18 Å². The van der Waals surface area contributed by atoms with Crippen molar-refractivity contribution in [2.75, 3.05) is 19.1 Å². The zero-order chi connectivity index (χ0) is 18.0. The Morgan fingerprint density at radius 2 is 1.84 bits per heavy atom. The summed E-state index contributed by atoms with van der Waals surface area (Å²) >= 11 is 6.50. The summed E-state index contributed by atoms with van der Waals surface area (Å²) in [4.78, 5) is 14.6. The predicted octanol–water partition coefficient (Wildman–Crippen LogP) is 4.25. The lowest BCUT2D eigenvalue weighted by Crippen LogP contribution is -2.27. The van der Waals surface area contributed by atoms with Crippen molar-refractivity contribution in [2.24, 2.45) is 0 Å². The SMILES string of the molecule is COc1ccc(OC)c(/C=C2/SC(=S)N(c3ccc(F)cc3)C2=O)c1. The summed E-state index contributed by atoms with van der Waals surface area (Å²) in [6.45, 7) is 0. The summed E-state index contributed by atoms with van der Waals surface area (Å²) in [5.74, 6) is 0.645. The van der Waals surface area contributed by atoms with Crippen LogP contribution in [0.5, 0.6) is 11.5 Å². The molecule has 1 aliphatic heterocycles. The van der Waals surface area contributed by atoms with E-state index in [4.69, 9.17) is 21.7 Å². The fourth-order valence-electron chi connectivity index (χ4n) is 2.37. The molecule has 128 valence electrons. The Bertz CT molecular complexity index is 865. The van der Waals surface area contributed by atoms with Gasteiger partial charge < -0.3 is 9.47 Å². The van der Waals surface area contributed by atoms with E-state index >= 15 is 0 Å². The molecule has 0 saturated carbocycles. The van der Waals surface area contributed by atoms with Gasteiger partial charge in [0.25, 0.3) is 5.91 Å². The van der Waals surface area contributed by atoms with E-state index in [1.165, 1.54) is 40.9 Å². The number of nitrogens with zero attached hydrogens (tertiary/aromatic N) is 1. The molecule has 2 aromatic rings. The summed E-state index contributed by atoms with van der Waals surface area (Å²) in [7, 11) is 3.13. The number of thioether (sulfide) groups is 1. The van der Waals surface area contributed by atoms with Crippen LogP contribution in [0.15, 0.2) is 47.4 Å². The van der Waals surface area contributed by atoms with Gasteiger partial charge in [-0.1, -0.05) is 24.0 Å². The molecule has 2 aromatic carbocycles. The van der Waals surface area contributed by atoms with Crippen LogP contribution in [0, 0.1) is 5.82 Å². The number of hydrogen-bond acceptors (Lipinski definition) is 5. The molecular formula is C18H14FNO3S2. The Balaban J connectivity index is 1.97. The third kappa shape index (κ3) is 3.52. The van der Waals surface area contributed by atoms with Crippen molar-refractivity contribution in [3.63, 3.8) is 0 Å².